The van der Waals surface area contributed by atoms with Crippen molar-refractivity contribution in [2.24, 2.45) is 0 Å². The number of hydrogen-bond donors (Lipinski definition) is 1. The van der Waals surface area contributed by atoms with E-state index in [1.807, 2.05) is 23.2 Å². The van der Waals surface area contributed by atoms with Gasteiger partial charge in [0.1, 0.15) is 5.65 Å². The van der Waals surface area contributed by atoms with Gasteiger partial charge in [-0.25, -0.2) is 10.4 Å². The van der Waals surface area contributed by atoms with Gasteiger partial charge in [0, 0.05) is 18.7 Å². The Morgan fingerprint density at radius 1 is 1.17 bits per heavy atom. The first-order valence-electron chi connectivity index (χ1n) is 8.76. The van der Waals surface area contributed by atoms with Crippen LogP contribution >= 0.6 is 0 Å². The molecule has 1 N–H and O–H groups in total. The lowest BCUT2D eigenvalue weighted by molar-refractivity contribution is -0.143. The third-order valence-electron chi connectivity index (χ3n) is 5.23. The SMILES string of the molecule is Cc1nc2ccccn2c1C1CCC(=O)N(C2CCCCC2)N1. The van der Waals surface area contributed by atoms with Gasteiger partial charge in [0.2, 0.25) is 5.91 Å². The second-order valence-corrected chi connectivity index (χ2v) is 6.79. The van der Waals surface area contributed by atoms with E-state index in [-0.39, 0.29) is 11.9 Å². The topological polar surface area (TPSA) is 49.6 Å². The highest BCUT2D eigenvalue weighted by Crippen LogP contribution is 2.30. The highest BCUT2D eigenvalue weighted by atomic mass is 16.2. The van der Waals surface area contributed by atoms with Gasteiger partial charge in [-0.05, 0) is 38.3 Å². The molecule has 1 aliphatic carbocycles. The van der Waals surface area contributed by atoms with Gasteiger partial charge in [0.15, 0.2) is 0 Å². The number of nitrogens with one attached hydrogen (secondary N) is 1. The Labute approximate surface area is 136 Å². The number of hydrogen-bond acceptors (Lipinski definition) is 3. The maximum atomic E-state index is 12.4. The molecule has 1 aliphatic heterocycles. The van der Waals surface area contributed by atoms with Crippen molar-refractivity contribution in [1.29, 1.82) is 0 Å². The molecule has 0 spiro atoms. The van der Waals surface area contributed by atoms with Gasteiger partial charge in [-0.15, -0.1) is 0 Å². The summed E-state index contributed by atoms with van der Waals surface area (Å²) in [5, 5.41) is 1.94. The summed E-state index contributed by atoms with van der Waals surface area (Å²) in [5.41, 5.74) is 6.74. The minimum atomic E-state index is 0.159. The zero-order valence-electron chi connectivity index (χ0n) is 13.7. The number of fused-ring (bicyclic) bond motifs is 1. The van der Waals surface area contributed by atoms with E-state index in [1.165, 1.54) is 25.0 Å². The molecule has 0 bridgehead atoms. The summed E-state index contributed by atoms with van der Waals surface area (Å²) in [4.78, 5) is 17.1. The van der Waals surface area contributed by atoms with Crippen LogP contribution in [0.3, 0.4) is 0 Å². The van der Waals surface area contributed by atoms with Crippen LogP contribution in [-0.4, -0.2) is 26.3 Å². The van der Waals surface area contributed by atoms with E-state index in [2.05, 4.69) is 27.9 Å². The fourth-order valence-corrected chi connectivity index (χ4v) is 4.09. The molecule has 2 aromatic heterocycles. The van der Waals surface area contributed by atoms with Crippen LogP contribution in [0.5, 0.6) is 0 Å². The first kappa shape index (κ1) is 14.7. The van der Waals surface area contributed by atoms with Crippen LogP contribution in [0.1, 0.15) is 62.4 Å². The fourth-order valence-electron chi connectivity index (χ4n) is 4.09. The minimum Gasteiger partial charge on any atom is -0.302 e. The number of pyridine rings is 1. The highest BCUT2D eigenvalue weighted by Gasteiger charge is 2.33. The van der Waals surface area contributed by atoms with Gasteiger partial charge < -0.3 is 4.40 Å². The largest absolute Gasteiger partial charge is 0.302 e. The summed E-state index contributed by atoms with van der Waals surface area (Å²) < 4.78 is 2.15. The second-order valence-electron chi connectivity index (χ2n) is 6.79. The van der Waals surface area contributed by atoms with E-state index in [4.69, 9.17) is 0 Å². The molecule has 23 heavy (non-hydrogen) atoms. The number of amides is 1. The number of hydrazine groups is 1. The predicted octanol–water partition coefficient (Wildman–Crippen LogP) is 3.14. The monoisotopic (exact) mass is 312 g/mol. The molecule has 0 aromatic carbocycles. The first-order chi connectivity index (χ1) is 11.2. The van der Waals surface area contributed by atoms with E-state index < -0.39 is 0 Å². The lowest BCUT2D eigenvalue weighted by atomic mass is 9.93. The summed E-state index contributed by atoms with van der Waals surface area (Å²) in [6, 6.07) is 6.59. The van der Waals surface area contributed by atoms with Gasteiger partial charge >= 0.3 is 0 Å². The minimum absolute atomic E-state index is 0.159. The van der Waals surface area contributed by atoms with Crippen LogP contribution in [0.4, 0.5) is 0 Å². The molecule has 1 saturated heterocycles. The quantitative estimate of drug-likeness (QED) is 0.927. The van der Waals surface area contributed by atoms with E-state index in [0.29, 0.717) is 12.5 Å². The zero-order chi connectivity index (χ0) is 15.8. The number of carbonyl (C=O) groups excluding carboxylic acids is 1. The molecule has 2 aliphatic rings. The summed E-state index contributed by atoms with van der Waals surface area (Å²) in [6.07, 6.45) is 9.53. The molecule has 2 aromatic rings. The normalized spacial score (nSPS) is 23.6. The molecule has 122 valence electrons. The van der Waals surface area contributed by atoms with Crippen molar-refractivity contribution in [1.82, 2.24) is 19.8 Å². The van der Waals surface area contributed by atoms with Gasteiger partial charge in [0.05, 0.1) is 17.4 Å². The van der Waals surface area contributed by atoms with Crippen molar-refractivity contribution in [3.8, 4) is 0 Å². The number of imidazole rings is 1. The van der Waals surface area contributed by atoms with Gasteiger partial charge in [-0.1, -0.05) is 25.3 Å². The van der Waals surface area contributed by atoms with Crippen molar-refractivity contribution < 1.29 is 4.79 Å². The van der Waals surface area contributed by atoms with E-state index in [9.17, 15) is 4.79 Å². The lowest BCUT2D eigenvalue weighted by Gasteiger charge is -2.40. The standard InChI is InChI=1S/C18H24N4O/c1-13-18(21-12-6-5-9-16(21)19-13)15-10-11-17(23)22(20-15)14-7-3-2-4-8-14/h5-6,9,12,14-15,20H,2-4,7-8,10-11H2,1H3. The number of carbonyl (C=O) groups is 1. The second kappa shape index (κ2) is 5.96. The van der Waals surface area contributed by atoms with Gasteiger partial charge in [-0.3, -0.25) is 9.80 Å². The Bertz CT molecular complexity index is 717. The molecule has 4 rings (SSSR count). The third kappa shape index (κ3) is 2.63. The van der Waals surface area contributed by atoms with Crippen molar-refractivity contribution in [3.63, 3.8) is 0 Å². The molecule has 5 nitrogen and oxygen atoms in total. The molecular formula is C18H24N4O. The summed E-state index contributed by atoms with van der Waals surface area (Å²) in [6.45, 7) is 2.06. The zero-order valence-corrected chi connectivity index (χ0v) is 13.7. The van der Waals surface area contributed by atoms with Crippen molar-refractivity contribution in [2.45, 2.75) is 64.0 Å². The molecule has 2 fully saturated rings. The van der Waals surface area contributed by atoms with Crippen molar-refractivity contribution in [3.05, 3.63) is 35.8 Å². The summed E-state index contributed by atoms with van der Waals surface area (Å²) in [7, 11) is 0. The molecule has 1 saturated carbocycles. The molecule has 5 heteroatoms. The van der Waals surface area contributed by atoms with Crippen LogP contribution in [0.2, 0.25) is 0 Å². The number of aryl methyl sites for hydroxylation is 1. The van der Waals surface area contributed by atoms with Gasteiger partial charge in [0.25, 0.3) is 0 Å². The Hall–Kier alpha value is -1.88. The fraction of sp³-hybridized carbons (Fsp3) is 0.556. The summed E-state index contributed by atoms with van der Waals surface area (Å²) in [5.74, 6) is 0.250. The summed E-state index contributed by atoms with van der Waals surface area (Å²) >= 11 is 0. The average molecular weight is 312 g/mol. The lowest BCUT2D eigenvalue weighted by Crippen LogP contribution is -2.54. The Morgan fingerprint density at radius 3 is 2.83 bits per heavy atom. The Kier molecular flexibility index (Phi) is 3.81. The van der Waals surface area contributed by atoms with Crippen LogP contribution in [0.25, 0.3) is 5.65 Å². The Balaban J connectivity index is 1.63. The average Bonchev–Trinajstić information content (AvgIpc) is 2.92. The maximum Gasteiger partial charge on any atom is 0.237 e. The molecule has 3 heterocycles. The van der Waals surface area contributed by atoms with Crippen LogP contribution < -0.4 is 5.43 Å². The number of rotatable bonds is 2. The Morgan fingerprint density at radius 2 is 2.00 bits per heavy atom. The van der Waals surface area contributed by atoms with Crippen molar-refractivity contribution >= 4 is 11.6 Å². The third-order valence-corrected chi connectivity index (χ3v) is 5.23. The van der Waals surface area contributed by atoms with Crippen LogP contribution in [-0.2, 0) is 4.79 Å². The predicted molar refractivity (Wildman–Crippen MR) is 88.8 cm³/mol. The first-order valence-corrected chi connectivity index (χ1v) is 8.76. The molecule has 1 atom stereocenters. The van der Waals surface area contributed by atoms with E-state index in [0.717, 1.165) is 30.6 Å². The molecule has 0 radical (unpaired) electrons. The molecule has 1 unspecified atom stereocenters. The molecular weight excluding hydrogens is 288 g/mol. The van der Waals surface area contributed by atoms with E-state index in [1.54, 1.807) is 0 Å². The smallest absolute Gasteiger partial charge is 0.237 e. The van der Waals surface area contributed by atoms with Crippen LogP contribution in [0.15, 0.2) is 24.4 Å². The number of aromatic nitrogens is 2. The van der Waals surface area contributed by atoms with Gasteiger partial charge in [-0.2, -0.15) is 0 Å². The van der Waals surface area contributed by atoms with E-state index >= 15 is 0 Å². The van der Waals surface area contributed by atoms with Crippen molar-refractivity contribution in [2.75, 3.05) is 0 Å². The number of nitrogens with zero attached hydrogens (tertiary/aromatic N) is 3. The highest BCUT2D eigenvalue weighted by molar-refractivity contribution is 5.77. The maximum absolute atomic E-state index is 12.4. The van der Waals surface area contributed by atoms with Crippen LogP contribution in [0, 0.1) is 6.92 Å². The molecule has 1 amide bonds.